The minimum absolute atomic E-state index is 0.181. The van der Waals surface area contributed by atoms with E-state index in [1.165, 1.54) is 7.11 Å². The first-order valence-corrected chi connectivity index (χ1v) is 6.04. The topological polar surface area (TPSA) is 51.2 Å². The number of ether oxygens (including phenoxy) is 1. The van der Waals surface area contributed by atoms with Gasteiger partial charge in [-0.05, 0) is 18.7 Å². The molecule has 0 aliphatic heterocycles. The van der Waals surface area contributed by atoms with Crippen LogP contribution in [0.25, 0.3) is 0 Å². The molecule has 0 saturated carbocycles. The van der Waals surface area contributed by atoms with Crippen molar-refractivity contribution in [2.75, 3.05) is 19.9 Å². The van der Waals surface area contributed by atoms with E-state index < -0.39 is 0 Å². The Morgan fingerprint density at radius 2 is 2.38 bits per heavy atom. The average Bonchev–Trinajstić information content (AvgIpc) is 2.31. The van der Waals surface area contributed by atoms with Crippen molar-refractivity contribution in [1.29, 1.82) is 0 Å². The molecule has 0 saturated heterocycles. The van der Waals surface area contributed by atoms with Crippen molar-refractivity contribution in [3.05, 3.63) is 23.9 Å². The number of esters is 1. The number of nitrogens with zero attached hydrogens (tertiary/aromatic N) is 1. The first-order valence-electron chi connectivity index (χ1n) is 5.05. The van der Waals surface area contributed by atoms with E-state index in [4.69, 9.17) is 0 Å². The molecule has 1 heterocycles. The number of rotatable bonds is 6. The zero-order valence-corrected chi connectivity index (χ0v) is 10.3. The van der Waals surface area contributed by atoms with Crippen molar-refractivity contribution in [1.82, 2.24) is 10.3 Å². The summed E-state index contributed by atoms with van der Waals surface area (Å²) in [6.07, 6.45) is 2.26. The molecule has 0 bridgehead atoms. The van der Waals surface area contributed by atoms with Crippen LogP contribution in [0, 0.1) is 0 Å². The number of hydrogen-bond donors (Lipinski definition) is 1. The molecule has 0 aliphatic carbocycles. The van der Waals surface area contributed by atoms with E-state index in [0.717, 1.165) is 17.1 Å². The SMILES string of the molecule is CNCc1ccc(SCCC(=O)OC)nc1. The number of pyridine rings is 1. The third kappa shape index (κ3) is 4.63. The van der Waals surface area contributed by atoms with Gasteiger partial charge in [-0.15, -0.1) is 11.8 Å². The third-order valence-electron chi connectivity index (χ3n) is 1.96. The quantitative estimate of drug-likeness (QED) is 0.602. The van der Waals surface area contributed by atoms with Gasteiger partial charge in [0, 0.05) is 18.5 Å². The van der Waals surface area contributed by atoms with Crippen molar-refractivity contribution < 1.29 is 9.53 Å². The van der Waals surface area contributed by atoms with Gasteiger partial charge in [0.25, 0.3) is 0 Å². The highest BCUT2D eigenvalue weighted by molar-refractivity contribution is 7.99. The Labute approximate surface area is 99.8 Å². The molecule has 4 nitrogen and oxygen atoms in total. The maximum atomic E-state index is 10.9. The molecule has 0 unspecified atom stereocenters. The van der Waals surface area contributed by atoms with Crippen LogP contribution in [0.5, 0.6) is 0 Å². The van der Waals surface area contributed by atoms with Gasteiger partial charge in [0.15, 0.2) is 0 Å². The van der Waals surface area contributed by atoms with Crippen molar-refractivity contribution >= 4 is 17.7 Å². The number of carbonyl (C=O) groups excluding carboxylic acids is 1. The predicted molar refractivity (Wildman–Crippen MR) is 64.4 cm³/mol. The molecular weight excluding hydrogens is 224 g/mol. The van der Waals surface area contributed by atoms with Gasteiger partial charge in [0.1, 0.15) is 0 Å². The minimum Gasteiger partial charge on any atom is -0.469 e. The van der Waals surface area contributed by atoms with E-state index in [-0.39, 0.29) is 5.97 Å². The second kappa shape index (κ2) is 7.24. The lowest BCUT2D eigenvalue weighted by atomic mass is 10.3. The molecule has 1 N–H and O–H groups in total. The first-order chi connectivity index (χ1) is 7.76. The number of thioether (sulfide) groups is 1. The molecular formula is C11H16N2O2S. The summed E-state index contributed by atoms with van der Waals surface area (Å²) in [6, 6.07) is 4.00. The van der Waals surface area contributed by atoms with Crippen LogP contribution in [0.2, 0.25) is 0 Å². The highest BCUT2D eigenvalue weighted by atomic mass is 32.2. The van der Waals surface area contributed by atoms with E-state index in [2.05, 4.69) is 15.0 Å². The second-order valence-corrected chi connectivity index (χ2v) is 4.32. The van der Waals surface area contributed by atoms with Crippen LogP contribution in [0.3, 0.4) is 0 Å². The predicted octanol–water partition coefficient (Wildman–Crippen LogP) is 1.46. The van der Waals surface area contributed by atoms with Crippen LogP contribution >= 0.6 is 11.8 Å². The van der Waals surface area contributed by atoms with Crippen molar-refractivity contribution in [3.8, 4) is 0 Å². The molecule has 5 heteroatoms. The van der Waals surface area contributed by atoms with E-state index in [1.54, 1.807) is 11.8 Å². The van der Waals surface area contributed by atoms with Crippen molar-refractivity contribution in [3.63, 3.8) is 0 Å². The molecule has 88 valence electrons. The largest absolute Gasteiger partial charge is 0.469 e. The standard InChI is InChI=1S/C11H16N2O2S/c1-12-7-9-3-4-10(13-8-9)16-6-5-11(14)15-2/h3-4,8,12H,5-7H2,1-2H3. The molecule has 0 atom stereocenters. The van der Waals surface area contributed by atoms with E-state index in [9.17, 15) is 4.79 Å². The Morgan fingerprint density at radius 1 is 1.56 bits per heavy atom. The Bertz CT molecular complexity index is 327. The fourth-order valence-electron chi connectivity index (χ4n) is 1.15. The first kappa shape index (κ1) is 13.0. The fraction of sp³-hybridized carbons (Fsp3) is 0.455. The van der Waals surface area contributed by atoms with Gasteiger partial charge >= 0.3 is 5.97 Å². The molecule has 0 aromatic carbocycles. The maximum absolute atomic E-state index is 10.9. The van der Waals surface area contributed by atoms with Crippen molar-refractivity contribution in [2.45, 2.75) is 18.0 Å². The van der Waals surface area contributed by atoms with Crippen LogP contribution in [0.15, 0.2) is 23.4 Å². The maximum Gasteiger partial charge on any atom is 0.306 e. The van der Waals surface area contributed by atoms with Gasteiger partial charge in [-0.3, -0.25) is 4.79 Å². The smallest absolute Gasteiger partial charge is 0.306 e. The zero-order valence-electron chi connectivity index (χ0n) is 9.53. The summed E-state index contributed by atoms with van der Waals surface area (Å²) >= 11 is 1.56. The fourth-order valence-corrected chi connectivity index (χ4v) is 1.92. The molecule has 1 aromatic rings. The molecule has 0 aliphatic rings. The second-order valence-electron chi connectivity index (χ2n) is 3.21. The highest BCUT2D eigenvalue weighted by Crippen LogP contribution is 2.16. The van der Waals surface area contributed by atoms with Crippen LogP contribution in [0.4, 0.5) is 0 Å². The number of nitrogens with one attached hydrogen (secondary N) is 1. The zero-order chi connectivity index (χ0) is 11.8. The number of carbonyl (C=O) groups is 1. The summed E-state index contributed by atoms with van der Waals surface area (Å²) < 4.78 is 4.56. The summed E-state index contributed by atoms with van der Waals surface area (Å²) in [5.74, 6) is 0.518. The lowest BCUT2D eigenvalue weighted by Crippen LogP contribution is -2.05. The van der Waals surface area contributed by atoms with Gasteiger partial charge in [-0.1, -0.05) is 6.07 Å². The van der Waals surface area contributed by atoms with Crippen LogP contribution in [0.1, 0.15) is 12.0 Å². The number of hydrogen-bond acceptors (Lipinski definition) is 5. The minimum atomic E-state index is -0.181. The van der Waals surface area contributed by atoms with Crippen LogP contribution < -0.4 is 5.32 Å². The van der Waals surface area contributed by atoms with Gasteiger partial charge in [0.05, 0.1) is 18.6 Å². The lowest BCUT2D eigenvalue weighted by Gasteiger charge is -2.02. The van der Waals surface area contributed by atoms with Gasteiger partial charge in [0.2, 0.25) is 0 Å². The van der Waals surface area contributed by atoms with Crippen molar-refractivity contribution in [2.24, 2.45) is 0 Å². The molecule has 0 radical (unpaired) electrons. The molecule has 16 heavy (non-hydrogen) atoms. The van der Waals surface area contributed by atoms with E-state index >= 15 is 0 Å². The van der Waals surface area contributed by atoms with Crippen LogP contribution in [-0.4, -0.2) is 30.9 Å². The molecule has 1 aromatic heterocycles. The Balaban J connectivity index is 2.34. The lowest BCUT2D eigenvalue weighted by molar-refractivity contribution is -0.140. The van der Waals surface area contributed by atoms with E-state index in [1.807, 2.05) is 25.4 Å². The molecule has 0 amide bonds. The Kier molecular flexibility index (Phi) is 5.88. The Morgan fingerprint density at radius 3 is 2.94 bits per heavy atom. The molecule has 1 rings (SSSR count). The van der Waals surface area contributed by atoms with Crippen LogP contribution in [-0.2, 0) is 16.1 Å². The third-order valence-corrected chi connectivity index (χ3v) is 2.91. The number of methoxy groups -OCH3 is 1. The summed E-state index contributed by atoms with van der Waals surface area (Å²) in [4.78, 5) is 15.2. The summed E-state index contributed by atoms with van der Waals surface area (Å²) in [6.45, 7) is 0.820. The van der Waals surface area contributed by atoms with Gasteiger partial charge < -0.3 is 10.1 Å². The monoisotopic (exact) mass is 240 g/mol. The summed E-state index contributed by atoms with van der Waals surface area (Å²) in [5.41, 5.74) is 1.15. The summed E-state index contributed by atoms with van der Waals surface area (Å²) in [5, 5.41) is 4.00. The average molecular weight is 240 g/mol. The number of aromatic nitrogens is 1. The molecule has 0 fully saturated rings. The van der Waals surface area contributed by atoms with E-state index in [0.29, 0.717) is 12.2 Å². The summed E-state index contributed by atoms with van der Waals surface area (Å²) in [7, 11) is 3.30. The normalized spacial score (nSPS) is 10.1. The highest BCUT2D eigenvalue weighted by Gasteiger charge is 2.01. The van der Waals surface area contributed by atoms with Gasteiger partial charge in [-0.25, -0.2) is 4.98 Å². The van der Waals surface area contributed by atoms with Gasteiger partial charge in [-0.2, -0.15) is 0 Å². The molecule has 0 spiro atoms. The Hall–Kier alpha value is -1.07.